The SMILES string of the molecule is NCCc1cc(N)nc(I)c1. The van der Waals surface area contributed by atoms with Gasteiger partial charge in [0.15, 0.2) is 0 Å². The third-order valence-corrected chi connectivity index (χ3v) is 1.86. The maximum atomic E-state index is 5.53. The predicted molar refractivity (Wildman–Crippen MR) is 54.1 cm³/mol. The monoisotopic (exact) mass is 263 g/mol. The van der Waals surface area contributed by atoms with Gasteiger partial charge in [-0.05, 0) is 53.3 Å². The van der Waals surface area contributed by atoms with Crippen LogP contribution in [0.2, 0.25) is 0 Å². The Morgan fingerprint density at radius 1 is 1.45 bits per heavy atom. The molecule has 0 saturated heterocycles. The van der Waals surface area contributed by atoms with Crippen LogP contribution in [0.4, 0.5) is 5.82 Å². The number of pyridine rings is 1. The Kier molecular flexibility index (Phi) is 3.07. The van der Waals surface area contributed by atoms with Crippen molar-refractivity contribution in [1.82, 2.24) is 4.98 Å². The summed E-state index contributed by atoms with van der Waals surface area (Å²) in [6, 6.07) is 3.85. The lowest BCUT2D eigenvalue weighted by atomic mass is 10.2. The average Bonchev–Trinajstić information content (AvgIpc) is 1.85. The third-order valence-electron chi connectivity index (χ3n) is 1.31. The molecular weight excluding hydrogens is 253 g/mol. The highest BCUT2D eigenvalue weighted by molar-refractivity contribution is 14.1. The Hall–Kier alpha value is -0.360. The van der Waals surface area contributed by atoms with E-state index in [1.807, 2.05) is 12.1 Å². The van der Waals surface area contributed by atoms with Crippen molar-refractivity contribution in [2.24, 2.45) is 5.73 Å². The fraction of sp³-hybridized carbons (Fsp3) is 0.286. The minimum atomic E-state index is 0.570. The first kappa shape index (κ1) is 8.73. The molecule has 60 valence electrons. The van der Waals surface area contributed by atoms with E-state index in [4.69, 9.17) is 11.5 Å². The first-order valence-corrected chi connectivity index (χ1v) is 4.42. The van der Waals surface area contributed by atoms with Crippen LogP contribution in [0.15, 0.2) is 12.1 Å². The molecule has 4 heteroatoms. The summed E-state index contributed by atoms with van der Waals surface area (Å²) in [5.74, 6) is 0.570. The zero-order chi connectivity index (χ0) is 8.27. The van der Waals surface area contributed by atoms with Crippen LogP contribution in [0.5, 0.6) is 0 Å². The van der Waals surface area contributed by atoms with Crippen LogP contribution >= 0.6 is 22.6 Å². The molecule has 0 atom stereocenters. The van der Waals surface area contributed by atoms with E-state index in [0.717, 1.165) is 15.7 Å². The molecule has 0 amide bonds. The molecule has 1 rings (SSSR count). The van der Waals surface area contributed by atoms with Crippen LogP contribution in [0, 0.1) is 3.70 Å². The van der Waals surface area contributed by atoms with E-state index >= 15 is 0 Å². The normalized spacial score (nSPS) is 10.0. The Morgan fingerprint density at radius 2 is 2.18 bits per heavy atom. The van der Waals surface area contributed by atoms with Crippen LogP contribution in [-0.2, 0) is 6.42 Å². The fourth-order valence-corrected chi connectivity index (χ4v) is 1.56. The van der Waals surface area contributed by atoms with Gasteiger partial charge >= 0.3 is 0 Å². The van der Waals surface area contributed by atoms with Gasteiger partial charge in [0.25, 0.3) is 0 Å². The number of nitrogens with zero attached hydrogens (tertiary/aromatic N) is 1. The minimum absolute atomic E-state index is 0.570. The molecule has 0 radical (unpaired) electrons. The minimum Gasteiger partial charge on any atom is -0.384 e. The predicted octanol–water partition coefficient (Wildman–Crippen LogP) is 0.770. The van der Waals surface area contributed by atoms with Gasteiger partial charge < -0.3 is 11.5 Å². The van der Waals surface area contributed by atoms with E-state index in [1.54, 1.807) is 0 Å². The molecule has 11 heavy (non-hydrogen) atoms. The molecule has 0 spiro atoms. The Labute approximate surface area is 79.3 Å². The highest BCUT2D eigenvalue weighted by Crippen LogP contribution is 2.09. The van der Waals surface area contributed by atoms with Crippen molar-refractivity contribution in [1.29, 1.82) is 0 Å². The number of nitrogen functional groups attached to an aromatic ring is 1. The van der Waals surface area contributed by atoms with Crippen LogP contribution in [0.3, 0.4) is 0 Å². The summed E-state index contributed by atoms with van der Waals surface area (Å²) in [7, 11) is 0. The molecule has 0 aromatic carbocycles. The van der Waals surface area contributed by atoms with Gasteiger partial charge in [0.05, 0.1) is 0 Å². The van der Waals surface area contributed by atoms with Gasteiger partial charge in [0, 0.05) is 0 Å². The van der Waals surface area contributed by atoms with E-state index in [-0.39, 0.29) is 0 Å². The molecule has 0 bridgehead atoms. The van der Waals surface area contributed by atoms with Crippen molar-refractivity contribution in [2.45, 2.75) is 6.42 Å². The average molecular weight is 263 g/mol. The first-order valence-electron chi connectivity index (χ1n) is 3.34. The van der Waals surface area contributed by atoms with Crippen LogP contribution < -0.4 is 11.5 Å². The highest BCUT2D eigenvalue weighted by Gasteiger charge is 1.96. The summed E-state index contributed by atoms with van der Waals surface area (Å²) in [5, 5.41) is 0. The maximum absolute atomic E-state index is 5.53. The molecule has 0 aliphatic carbocycles. The number of hydrogen-bond donors (Lipinski definition) is 2. The molecule has 4 N–H and O–H groups in total. The number of anilines is 1. The molecule has 0 unspecified atom stereocenters. The standard InChI is InChI=1S/C7H10IN3/c8-6-3-5(1-2-9)4-7(10)11-6/h3-4H,1-2,9H2,(H2,10,11). The van der Waals surface area contributed by atoms with Crippen molar-refractivity contribution in [3.8, 4) is 0 Å². The van der Waals surface area contributed by atoms with Crippen LogP contribution in [0.25, 0.3) is 0 Å². The van der Waals surface area contributed by atoms with Gasteiger partial charge in [-0.3, -0.25) is 0 Å². The molecule has 3 nitrogen and oxygen atoms in total. The van der Waals surface area contributed by atoms with Crippen molar-refractivity contribution in [2.75, 3.05) is 12.3 Å². The van der Waals surface area contributed by atoms with E-state index in [1.165, 1.54) is 0 Å². The lowest BCUT2D eigenvalue weighted by Gasteiger charge is -2.00. The van der Waals surface area contributed by atoms with Gasteiger partial charge in [-0.25, -0.2) is 4.98 Å². The number of nitrogens with two attached hydrogens (primary N) is 2. The van der Waals surface area contributed by atoms with E-state index < -0.39 is 0 Å². The summed E-state index contributed by atoms with van der Waals surface area (Å²) in [6.07, 6.45) is 0.864. The quantitative estimate of drug-likeness (QED) is 0.611. The number of aromatic nitrogens is 1. The summed E-state index contributed by atoms with van der Waals surface area (Å²) in [4.78, 5) is 4.04. The summed E-state index contributed by atoms with van der Waals surface area (Å²) >= 11 is 2.14. The Bertz CT molecular complexity index is 229. The Morgan fingerprint density at radius 3 is 2.73 bits per heavy atom. The second-order valence-corrected chi connectivity index (χ2v) is 3.37. The van der Waals surface area contributed by atoms with Crippen LogP contribution in [0.1, 0.15) is 5.56 Å². The van der Waals surface area contributed by atoms with E-state index in [2.05, 4.69) is 27.6 Å². The van der Waals surface area contributed by atoms with Gasteiger partial charge in [-0.15, -0.1) is 0 Å². The molecule has 0 fully saturated rings. The smallest absolute Gasteiger partial charge is 0.124 e. The molecule has 1 aromatic heterocycles. The summed E-state index contributed by atoms with van der Waals surface area (Å²) < 4.78 is 0.922. The molecule has 1 aromatic rings. The largest absolute Gasteiger partial charge is 0.384 e. The van der Waals surface area contributed by atoms with E-state index in [9.17, 15) is 0 Å². The highest BCUT2D eigenvalue weighted by atomic mass is 127. The molecular formula is C7H10IN3. The summed E-state index contributed by atoms with van der Waals surface area (Å²) in [6.45, 7) is 0.652. The number of hydrogen-bond acceptors (Lipinski definition) is 3. The molecule has 1 heterocycles. The topological polar surface area (TPSA) is 64.9 Å². The lowest BCUT2D eigenvalue weighted by molar-refractivity contribution is 0.962. The van der Waals surface area contributed by atoms with Gasteiger partial charge in [0.2, 0.25) is 0 Å². The van der Waals surface area contributed by atoms with E-state index in [0.29, 0.717) is 12.4 Å². The maximum Gasteiger partial charge on any atom is 0.124 e. The van der Waals surface area contributed by atoms with Crippen molar-refractivity contribution < 1.29 is 0 Å². The first-order chi connectivity index (χ1) is 5.22. The van der Waals surface area contributed by atoms with Crippen molar-refractivity contribution in [3.63, 3.8) is 0 Å². The van der Waals surface area contributed by atoms with Gasteiger partial charge in [0.1, 0.15) is 9.52 Å². The van der Waals surface area contributed by atoms with Gasteiger partial charge in [-0.1, -0.05) is 0 Å². The zero-order valence-electron chi connectivity index (χ0n) is 6.05. The molecule has 0 aliphatic rings. The Balaban J connectivity index is 2.89. The van der Waals surface area contributed by atoms with Gasteiger partial charge in [-0.2, -0.15) is 0 Å². The summed E-state index contributed by atoms with van der Waals surface area (Å²) in [5.41, 5.74) is 12.1. The van der Waals surface area contributed by atoms with Crippen molar-refractivity contribution in [3.05, 3.63) is 21.4 Å². The number of rotatable bonds is 2. The third kappa shape index (κ3) is 2.63. The lowest BCUT2D eigenvalue weighted by Crippen LogP contribution is -2.04. The number of halogens is 1. The van der Waals surface area contributed by atoms with Crippen molar-refractivity contribution >= 4 is 28.4 Å². The second kappa shape index (κ2) is 3.87. The molecule has 0 aliphatic heterocycles. The molecule has 0 saturated carbocycles. The van der Waals surface area contributed by atoms with Crippen LogP contribution in [-0.4, -0.2) is 11.5 Å². The fourth-order valence-electron chi connectivity index (χ4n) is 0.883. The zero-order valence-corrected chi connectivity index (χ0v) is 8.21. The second-order valence-electron chi connectivity index (χ2n) is 2.26.